The number of benzene rings is 1. The highest BCUT2D eigenvalue weighted by Crippen LogP contribution is 2.37. The summed E-state index contributed by atoms with van der Waals surface area (Å²) in [6.07, 6.45) is 7.05. The molecule has 1 aromatic rings. The minimum atomic E-state index is -0.267. The Morgan fingerprint density at radius 3 is 2.89 bits per heavy atom. The zero-order valence-corrected chi connectivity index (χ0v) is 10.8. The quantitative estimate of drug-likeness (QED) is 0.887. The van der Waals surface area contributed by atoms with Crippen LogP contribution in [0, 0.1) is 5.92 Å². The van der Waals surface area contributed by atoms with Crippen LogP contribution in [0.5, 0.6) is 0 Å². The second-order valence-electron chi connectivity index (χ2n) is 5.65. The molecule has 2 heteroatoms. The highest BCUT2D eigenvalue weighted by molar-refractivity contribution is 5.31. The fraction of sp³-hybridized carbons (Fsp3) is 0.625. The minimum absolute atomic E-state index is 0.267. The van der Waals surface area contributed by atoms with E-state index < -0.39 is 0 Å². The van der Waals surface area contributed by atoms with Crippen LogP contribution in [-0.4, -0.2) is 17.8 Å². The Hall–Kier alpha value is -0.860. The number of hydrogen-bond donors (Lipinski definition) is 1. The molecule has 1 aromatic carbocycles. The third-order valence-electron chi connectivity index (χ3n) is 4.49. The van der Waals surface area contributed by atoms with Crippen LogP contribution >= 0.6 is 0 Å². The SMILES string of the molecule is OC1c2ccccc2CCC1CCC1CCCO1. The molecule has 0 amide bonds. The van der Waals surface area contributed by atoms with Gasteiger partial charge in [-0.05, 0) is 55.6 Å². The summed E-state index contributed by atoms with van der Waals surface area (Å²) in [6, 6.07) is 8.33. The maximum atomic E-state index is 10.5. The molecule has 0 spiro atoms. The van der Waals surface area contributed by atoms with E-state index in [9.17, 15) is 5.11 Å². The first-order valence-corrected chi connectivity index (χ1v) is 7.22. The van der Waals surface area contributed by atoms with Gasteiger partial charge >= 0.3 is 0 Å². The lowest BCUT2D eigenvalue weighted by atomic mass is 9.79. The Kier molecular flexibility index (Phi) is 3.67. The van der Waals surface area contributed by atoms with Crippen molar-refractivity contribution >= 4 is 0 Å². The lowest BCUT2D eigenvalue weighted by molar-refractivity contribution is 0.0616. The monoisotopic (exact) mass is 246 g/mol. The summed E-state index contributed by atoms with van der Waals surface area (Å²) >= 11 is 0. The average molecular weight is 246 g/mol. The van der Waals surface area contributed by atoms with Crippen LogP contribution < -0.4 is 0 Å². The summed E-state index contributed by atoms with van der Waals surface area (Å²) in [7, 11) is 0. The van der Waals surface area contributed by atoms with Gasteiger partial charge < -0.3 is 9.84 Å². The van der Waals surface area contributed by atoms with Gasteiger partial charge in [0.15, 0.2) is 0 Å². The van der Waals surface area contributed by atoms with Crippen molar-refractivity contribution in [3.8, 4) is 0 Å². The molecule has 0 radical (unpaired) electrons. The van der Waals surface area contributed by atoms with Crippen molar-refractivity contribution in [2.45, 2.75) is 50.7 Å². The van der Waals surface area contributed by atoms with Gasteiger partial charge in [-0.3, -0.25) is 0 Å². The van der Waals surface area contributed by atoms with Crippen molar-refractivity contribution in [3.63, 3.8) is 0 Å². The number of aryl methyl sites for hydroxylation is 1. The van der Waals surface area contributed by atoms with Crippen molar-refractivity contribution in [2.24, 2.45) is 5.92 Å². The molecule has 2 nitrogen and oxygen atoms in total. The van der Waals surface area contributed by atoms with Crippen molar-refractivity contribution in [1.29, 1.82) is 0 Å². The molecule has 3 atom stereocenters. The Labute approximate surface area is 109 Å². The predicted octanol–water partition coefficient (Wildman–Crippen LogP) is 3.24. The summed E-state index contributed by atoms with van der Waals surface area (Å²) in [4.78, 5) is 0. The number of hydrogen-bond acceptors (Lipinski definition) is 2. The van der Waals surface area contributed by atoms with E-state index in [1.54, 1.807) is 0 Å². The first kappa shape index (κ1) is 12.2. The largest absolute Gasteiger partial charge is 0.388 e. The number of aliphatic hydroxyl groups excluding tert-OH is 1. The summed E-state index contributed by atoms with van der Waals surface area (Å²) in [6.45, 7) is 0.931. The predicted molar refractivity (Wildman–Crippen MR) is 71.4 cm³/mol. The van der Waals surface area contributed by atoms with Gasteiger partial charge in [0.2, 0.25) is 0 Å². The van der Waals surface area contributed by atoms with E-state index in [1.165, 1.54) is 18.4 Å². The Balaban J connectivity index is 1.61. The van der Waals surface area contributed by atoms with Gasteiger partial charge in [0.05, 0.1) is 12.2 Å². The number of aliphatic hydroxyl groups is 1. The molecule has 0 saturated carbocycles. The Bertz CT molecular complexity index is 396. The van der Waals surface area contributed by atoms with Gasteiger partial charge in [-0.2, -0.15) is 0 Å². The lowest BCUT2D eigenvalue weighted by Crippen LogP contribution is -2.22. The van der Waals surface area contributed by atoms with E-state index in [1.807, 2.05) is 6.07 Å². The van der Waals surface area contributed by atoms with Gasteiger partial charge in [0.25, 0.3) is 0 Å². The van der Waals surface area contributed by atoms with Crippen molar-refractivity contribution in [2.75, 3.05) is 6.61 Å². The molecule has 1 aliphatic carbocycles. The number of rotatable bonds is 3. The highest BCUT2D eigenvalue weighted by atomic mass is 16.5. The van der Waals surface area contributed by atoms with Crippen LogP contribution in [0.15, 0.2) is 24.3 Å². The van der Waals surface area contributed by atoms with Crippen LogP contribution in [0.3, 0.4) is 0 Å². The molecule has 1 N–H and O–H groups in total. The van der Waals surface area contributed by atoms with Crippen LogP contribution in [0.2, 0.25) is 0 Å². The average Bonchev–Trinajstić information content (AvgIpc) is 2.91. The maximum Gasteiger partial charge on any atom is 0.0820 e. The molecule has 3 unspecified atom stereocenters. The van der Waals surface area contributed by atoms with Crippen LogP contribution in [-0.2, 0) is 11.2 Å². The molecule has 1 fully saturated rings. The van der Waals surface area contributed by atoms with E-state index in [0.29, 0.717) is 12.0 Å². The molecule has 1 saturated heterocycles. The third-order valence-corrected chi connectivity index (χ3v) is 4.49. The first-order valence-electron chi connectivity index (χ1n) is 7.22. The van der Waals surface area contributed by atoms with Crippen molar-refractivity contribution < 1.29 is 9.84 Å². The summed E-state index contributed by atoms with van der Waals surface area (Å²) in [5.41, 5.74) is 2.49. The van der Waals surface area contributed by atoms with Crippen molar-refractivity contribution in [3.05, 3.63) is 35.4 Å². The topological polar surface area (TPSA) is 29.5 Å². The van der Waals surface area contributed by atoms with Crippen LogP contribution in [0.1, 0.15) is 49.3 Å². The summed E-state index contributed by atoms with van der Waals surface area (Å²) in [5, 5.41) is 10.5. The normalized spacial score (nSPS) is 31.3. The van der Waals surface area contributed by atoms with Crippen molar-refractivity contribution in [1.82, 2.24) is 0 Å². The zero-order chi connectivity index (χ0) is 12.4. The van der Waals surface area contributed by atoms with E-state index in [4.69, 9.17) is 4.74 Å². The minimum Gasteiger partial charge on any atom is -0.388 e. The van der Waals surface area contributed by atoms with E-state index in [2.05, 4.69) is 18.2 Å². The second kappa shape index (κ2) is 5.41. The molecule has 3 rings (SSSR count). The zero-order valence-electron chi connectivity index (χ0n) is 10.8. The van der Waals surface area contributed by atoms with E-state index in [-0.39, 0.29) is 6.10 Å². The molecule has 0 aromatic heterocycles. The standard InChI is InChI=1S/C16H22O2/c17-16-13(9-10-14-5-3-11-18-14)8-7-12-4-1-2-6-15(12)16/h1-2,4,6,13-14,16-17H,3,5,7-11H2. The fourth-order valence-electron chi connectivity index (χ4n) is 3.38. The fourth-order valence-corrected chi connectivity index (χ4v) is 3.38. The van der Waals surface area contributed by atoms with Gasteiger partial charge in [-0.1, -0.05) is 24.3 Å². The first-order chi connectivity index (χ1) is 8.84. The van der Waals surface area contributed by atoms with Gasteiger partial charge in [0.1, 0.15) is 0 Å². The second-order valence-corrected chi connectivity index (χ2v) is 5.65. The molecule has 0 bridgehead atoms. The molecule has 98 valence electrons. The van der Waals surface area contributed by atoms with Crippen LogP contribution in [0.4, 0.5) is 0 Å². The lowest BCUT2D eigenvalue weighted by Gasteiger charge is -2.30. The third kappa shape index (κ3) is 2.45. The Morgan fingerprint density at radius 1 is 1.17 bits per heavy atom. The Morgan fingerprint density at radius 2 is 2.06 bits per heavy atom. The molecule has 2 aliphatic rings. The van der Waals surface area contributed by atoms with Gasteiger partial charge in [-0.15, -0.1) is 0 Å². The molecule has 1 aliphatic heterocycles. The van der Waals surface area contributed by atoms with E-state index >= 15 is 0 Å². The summed E-state index contributed by atoms with van der Waals surface area (Å²) < 4.78 is 5.67. The molecular weight excluding hydrogens is 224 g/mol. The number of ether oxygens (including phenoxy) is 1. The molecular formula is C16H22O2. The molecule has 1 heterocycles. The smallest absolute Gasteiger partial charge is 0.0820 e. The highest BCUT2D eigenvalue weighted by Gasteiger charge is 2.28. The maximum absolute atomic E-state index is 10.5. The summed E-state index contributed by atoms with van der Waals surface area (Å²) in [5.74, 6) is 0.420. The molecule has 18 heavy (non-hydrogen) atoms. The van der Waals surface area contributed by atoms with Gasteiger partial charge in [-0.25, -0.2) is 0 Å². The van der Waals surface area contributed by atoms with E-state index in [0.717, 1.165) is 37.9 Å². The number of fused-ring (bicyclic) bond motifs is 1. The van der Waals surface area contributed by atoms with Gasteiger partial charge in [0, 0.05) is 6.61 Å². The van der Waals surface area contributed by atoms with Crippen LogP contribution in [0.25, 0.3) is 0 Å².